The van der Waals surface area contributed by atoms with Gasteiger partial charge in [-0.1, -0.05) is 0 Å². The number of aromatic hydroxyl groups is 2. The van der Waals surface area contributed by atoms with Crippen LogP contribution in [0.25, 0.3) is 0 Å². The van der Waals surface area contributed by atoms with Crippen LogP contribution in [0.2, 0.25) is 0 Å². The number of benzene rings is 1. The Hall–Kier alpha value is -1.26. The summed E-state index contributed by atoms with van der Waals surface area (Å²) in [5, 5.41) is 18.7. The summed E-state index contributed by atoms with van der Waals surface area (Å²) in [6.45, 7) is 0.721. The van der Waals surface area contributed by atoms with Crippen molar-refractivity contribution in [1.29, 1.82) is 0 Å². The van der Waals surface area contributed by atoms with E-state index in [1.807, 2.05) is 0 Å². The quantitative estimate of drug-likeness (QED) is 0.594. The van der Waals surface area contributed by atoms with Crippen LogP contribution in [0, 0.1) is 0 Å². The monoisotopic (exact) mass is 181 g/mol. The van der Waals surface area contributed by atoms with Crippen LogP contribution in [0.3, 0.4) is 0 Å². The fraction of sp³-hybridized carbons (Fsp3) is 0.333. The molecule has 0 radical (unpaired) electrons. The van der Waals surface area contributed by atoms with Crippen LogP contribution in [-0.4, -0.2) is 16.8 Å². The second-order valence-electron chi connectivity index (χ2n) is 3.07. The number of rotatable bonds is 1. The lowest BCUT2D eigenvalue weighted by atomic mass is 10.0. The summed E-state index contributed by atoms with van der Waals surface area (Å²) in [5.41, 5.74) is 6.98. The first-order chi connectivity index (χ1) is 6.22. The summed E-state index contributed by atoms with van der Waals surface area (Å²) in [5.74, 6) is 0.117. The molecule has 1 unspecified atom stereocenters. The largest absolute Gasteiger partial charge is 0.508 e. The van der Waals surface area contributed by atoms with Gasteiger partial charge in [0.15, 0.2) is 0 Å². The second-order valence-corrected chi connectivity index (χ2v) is 3.07. The number of nitrogens with two attached hydrogens (primary N) is 1. The molecular formula is C9H11NO3. The molecule has 0 spiro atoms. The Morgan fingerprint density at radius 3 is 2.92 bits per heavy atom. The third kappa shape index (κ3) is 1.24. The van der Waals surface area contributed by atoms with Crippen LogP contribution < -0.4 is 5.73 Å². The minimum Gasteiger partial charge on any atom is -0.508 e. The van der Waals surface area contributed by atoms with Crippen LogP contribution in [0.5, 0.6) is 11.5 Å². The summed E-state index contributed by atoms with van der Waals surface area (Å²) in [6.07, 6.45) is -0.201. The zero-order chi connectivity index (χ0) is 9.42. The normalized spacial score (nSPS) is 20.2. The zero-order valence-corrected chi connectivity index (χ0v) is 7.03. The molecule has 70 valence electrons. The average molecular weight is 181 g/mol. The number of fused-ring (bicyclic) bond motifs is 1. The van der Waals surface area contributed by atoms with E-state index in [1.54, 1.807) is 6.07 Å². The van der Waals surface area contributed by atoms with Crippen molar-refractivity contribution in [3.05, 3.63) is 23.3 Å². The molecule has 0 saturated heterocycles. The number of ether oxygens (including phenoxy) is 1. The van der Waals surface area contributed by atoms with Crippen LogP contribution >= 0.6 is 0 Å². The van der Waals surface area contributed by atoms with E-state index in [2.05, 4.69) is 0 Å². The van der Waals surface area contributed by atoms with Crippen molar-refractivity contribution in [3.8, 4) is 11.5 Å². The minimum atomic E-state index is -0.201. The van der Waals surface area contributed by atoms with Gasteiger partial charge in [-0.3, -0.25) is 0 Å². The molecule has 1 aromatic carbocycles. The highest BCUT2D eigenvalue weighted by Crippen LogP contribution is 2.38. The van der Waals surface area contributed by atoms with Gasteiger partial charge in [-0.2, -0.15) is 0 Å². The molecule has 0 bridgehead atoms. The minimum absolute atomic E-state index is 0.0419. The maximum atomic E-state index is 9.44. The predicted molar refractivity (Wildman–Crippen MR) is 46.4 cm³/mol. The van der Waals surface area contributed by atoms with Gasteiger partial charge in [0.05, 0.1) is 12.7 Å². The van der Waals surface area contributed by atoms with Crippen LogP contribution in [0.1, 0.15) is 17.2 Å². The summed E-state index contributed by atoms with van der Waals surface area (Å²) in [4.78, 5) is 0. The lowest BCUT2D eigenvalue weighted by Gasteiger charge is -2.07. The van der Waals surface area contributed by atoms with E-state index in [0.29, 0.717) is 13.2 Å². The maximum Gasteiger partial charge on any atom is 0.125 e. The molecule has 1 aliphatic heterocycles. The van der Waals surface area contributed by atoms with Crippen LogP contribution in [-0.2, 0) is 11.3 Å². The van der Waals surface area contributed by atoms with Gasteiger partial charge in [-0.05, 0) is 11.6 Å². The Morgan fingerprint density at radius 1 is 1.46 bits per heavy atom. The molecule has 13 heavy (non-hydrogen) atoms. The van der Waals surface area contributed by atoms with Gasteiger partial charge >= 0.3 is 0 Å². The van der Waals surface area contributed by atoms with E-state index in [9.17, 15) is 10.2 Å². The smallest absolute Gasteiger partial charge is 0.125 e. The van der Waals surface area contributed by atoms with Crippen LogP contribution in [0.4, 0.5) is 0 Å². The number of hydrogen-bond donors (Lipinski definition) is 3. The maximum absolute atomic E-state index is 9.44. The molecule has 4 heteroatoms. The molecule has 1 heterocycles. The van der Waals surface area contributed by atoms with Gasteiger partial charge in [0, 0.05) is 18.2 Å². The summed E-state index contributed by atoms with van der Waals surface area (Å²) < 4.78 is 5.31. The highest BCUT2D eigenvalue weighted by Gasteiger charge is 2.25. The van der Waals surface area contributed by atoms with Crippen molar-refractivity contribution in [2.45, 2.75) is 12.7 Å². The van der Waals surface area contributed by atoms with Gasteiger partial charge in [0.25, 0.3) is 0 Å². The Bertz CT molecular complexity index is 338. The molecule has 0 aromatic heterocycles. The topological polar surface area (TPSA) is 75.7 Å². The van der Waals surface area contributed by atoms with Crippen molar-refractivity contribution >= 4 is 0 Å². The fourth-order valence-electron chi connectivity index (χ4n) is 1.58. The van der Waals surface area contributed by atoms with Gasteiger partial charge in [-0.25, -0.2) is 0 Å². The van der Waals surface area contributed by atoms with Crippen molar-refractivity contribution in [2.24, 2.45) is 5.73 Å². The Morgan fingerprint density at radius 2 is 2.23 bits per heavy atom. The standard InChI is InChI=1S/C9H11NO3/c10-3-9-6-1-5(11)2-8(12)7(6)4-13-9/h1-2,9,11-12H,3-4,10H2. The van der Waals surface area contributed by atoms with Crippen LogP contribution in [0.15, 0.2) is 12.1 Å². The zero-order valence-electron chi connectivity index (χ0n) is 7.03. The molecule has 1 atom stereocenters. The van der Waals surface area contributed by atoms with E-state index < -0.39 is 0 Å². The van der Waals surface area contributed by atoms with Crippen molar-refractivity contribution in [1.82, 2.24) is 0 Å². The molecule has 2 rings (SSSR count). The van der Waals surface area contributed by atoms with Crippen molar-refractivity contribution in [2.75, 3.05) is 6.54 Å². The lowest BCUT2D eigenvalue weighted by Crippen LogP contribution is -2.10. The van der Waals surface area contributed by atoms with Gasteiger partial charge < -0.3 is 20.7 Å². The van der Waals surface area contributed by atoms with Gasteiger partial charge in [-0.15, -0.1) is 0 Å². The van der Waals surface area contributed by atoms with Gasteiger partial charge in [0.1, 0.15) is 11.5 Å². The number of phenolic OH excluding ortho intramolecular Hbond substituents is 2. The first kappa shape index (κ1) is 8.34. The molecule has 0 saturated carbocycles. The lowest BCUT2D eigenvalue weighted by molar-refractivity contribution is 0.0718. The number of hydrogen-bond acceptors (Lipinski definition) is 4. The summed E-state index contributed by atoms with van der Waals surface area (Å²) in [6, 6.07) is 2.89. The first-order valence-electron chi connectivity index (χ1n) is 4.09. The van der Waals surface area contributed by atoms with Crippen molar-refractivity contribution < 1.29 is 14.9 Å². The van der Waals surface area contributed by atoms with Gasteiger partial charge in [0.2, 0.25) is 0 Å². The SMILES string of the molecule is NCC1OCc2c(O)cc(O)cc21. The van der Waals surface area contributed by atoms with Crippen molar-refractivity contribution in [3.63, 3.8) is 0 Å². The number of phenols is 2. The molecule has 1 aliphatic rings. The molecule has 4 nitrogen and oxygen atoms in total. The Kier molecular flexibility index (Phi) is 1.86. The van der Waals surface area contributed by atoms with E-state index in [4.69, 9.17) is 10.5 Å². The predicted octanol–water partition coefficient (Wildman–Crippen LogP) is 0.628. The average Bonchev–Trinajstić information content (AvgIpc) is 2.47. The molecule has 0 aliphatic carbocycles. The van der Waals surface area contributed by atoms with E-state index in [0.717, 1.165) is 11.1 Å². The highest BCUT2D eigenvalue weighted by molar-refractivity contribution is 5.47. The third-order valence-electron chi connectivity index (χ3n) is 2.24. The van der Waals surface area contributed by atoms with E-state index in [-0.39, 0.29) is 17.6 Å². The summed E-state index contributed by atoms with van der Waals surface area (Å²) in [7, 11) is 0. The fourth-order valence-corrected chi connectivity index (χ4v) is 1.58. The molecule has 1 aromatic rings. The second kappa shape index (κ2) is 2.90. The molecule has 4 N–H and O–H groups in total. The molecule has 0 fully saturated rings. The van der Waals surface area contributed by atoms with E-state index in [1.165, 1.54) is 6.07 Å². The molecule has 0 amide bonds. The Balaban J connectivity index is 2.51. The first-order valence-corrected chi connectivity index (χ1v) is 4.09. The van der Waals surface area contributed by atoms with E-state index >= 15 is 0 Å². The Labute approximate surface area is 75.6 Å². The summed E-state index contributed by atoms with van der Waals surface area (Å²) >= 11 is 0. The highest BCUT2D eigenvalue weighted by atomic mass is 16.5. The third-order valence-corrected chi connectivity index (χ3v) is 2.24. The molecular weight excluding hydrogens is 170 g/mol.